The summed E-state index contributed by atoms with van der Waals surface area (Å²) in [6, 6.07) is 10.4. The van der Waals surface area contributed by atoms with Gasteiger partial charge in [0.05, 0.1) is 23.9 Å². The number of rotatable bonds is 7. The average Bonchev–Trinajstić information content (AvgIpc) is 2.46. The average molecular weight is 287 g/mol. The molecule has 0 spiro atoms. The first-order chi connectivity index (χ1) is 10.1. The Morgan fingerprint density at radius 3 is 2.76 bits per heavy atom. The number of anilines is 1. The van der Waals surface area contributed by atoms with Crippen molar-refractivity contribution in [1.29, 1.82) is 0 Å². The van der Waals surface area contributed by atoms with Crippen LogP contribution in [0.25, 0.3) is 10.9 Å². The summed E-state index contributed by atoms with van der Waals surface area (Å²) in [4.78, 5) is 6.94. The van der Waals surface area contributed by atoms with E-state index < -0.39 is 0 Å². The molecule has 0 fully saturated rings. The highest BCUT2D eigenvalue weighted by molar-refractivity contribution is 5.91. The summed E-state index contributed by atoms with van der Waals surface area (Å²) in [5, 5.41) is 4.35. The largest absolute Gasteiger partial charge is 0.377 e. The second-order valence-electron chi connectivity index (χ2n) is 5.52. The van der Waals surface area contributed by atoms with Crippen molar-refractivity contribution in [1.82, 2.24) is 10.3 Å². The second kappa shape index (κ2) is 7.38. The molecule has 114 valence electrons. The van der Waals surface area contributed by atoms with Crippen LogP contribution in [0.15, 0.2) is 30.3 Å². The smallest absolute Gasteiger partial charge is 0.0726 e. The van der Waals surface area contributed by atoms with E-state index in [4.69, 9.17) is 9.72 Å². The van der Waals surface area contributed by atoms with Gasteiger partial charge >= 0.3 is 0 Å². The Morgan fingerprint density at radius 2 is 2.05 bits per heavy atom. The van der Waals surface area contributed by atoms with Gasteiger partial charge in [-0.05, 0) is 33.0 Å². The quantitative estimate of drug-likeness (QED) is 0.849. The molecule has 0 radical (unpaired) electrons. The van der Waals surface area contributed by atoms with Crippen LogP contribution in [0.1, 0.15) is 19.5 Å². The maximum atomic E-state index is 5.65. The topological polar surface area (TPSA) is 37.4 Å². The fraction of sp³-hybridized carbons (Fsp3) is 0.471. The van der Waals surface area contributed by atoms with Crippen LogP contribution in [0.4, 0.5) is 5.69 Å². The molecular weight excluding hydrogens is 262 g/mol. The highest BCUT2D eigenvalue weighted by Crippen LogP contribution is 2.25. The molecule has 0 aliphatic rings. The Morgan fingerprint density at radius 1 is 1.29 bits per heavy atom. The lowest BCUT2D eigenvalue weighted by Crippen LogP contribution is -2.24. The predicted molar refractivity (Wildman–Crippen MR) is 88.9 cm³/mol. The Kier molecular flexibility index (Phi) is 5.53. The number of benzene rings is 1. The molecule has 4 heteroatoms. The van der Waals surface area contributed by atoms with Gasteiger partial charge in [0.25, 0.3) is 0 Å². The van der Waals surface area contributed by atoms with Gasteiger partial charge in [-0.25, -0.2) is 0 Å². The minimum Gasteiger partial charge on any atom is -0.377 e. The number of aromatic nitrogens is 1. The van der Waals surface area contributed by atoms with Crippen LogP contribution in [0, 0.1) is 0 Å². The Hall–Kier alpha value is -1.65. The lowest BCUT2D eigenvalue weighted by atomic mass is 10.1. The third-order valence-electron chi connectivity index (χ3n) is 3.39. The van der Waals surface area contributed by atoms with Crippen LogP contribution in [0.3, 0.4) is 0 Å². The van der Waals surface area contributed by atoms with E-state index in [2.05, 4.69) is 55.4 Å². The molecule has 0 amide bonds. The number of pyridine rings is 1. The van der Waals surface area contributed by atoms with E-state index in [1.54, 1.807) is 0 Å². The minimum absolute atomic E-state index is 0.271. The first-order valence-corrected chi connectivity index (χ1v) is 7.48. The molecule has 0 atom stereocenters. The molecule has 21 heavy (non-hydrogen) atoms. The number of hydrogen-bond donors (Lipinski definition) is 1. The van der Waals surface area contributed by atoms with Crippen molar-refractivity contribution in [2.24, 2.45) is 0 Å². The number of likely N-dealkylation sites (N-methyl/N-ethyl adjacent to an activating group) is 1. The number of hydrogen-bond acceptors (Lipinski definition) is 4. The maximum absolute atomic E-state index is 5.65. The van der Waals surface area contributed by atoms with Gasteiger partial charge in [-0.3, -0.25) is 4.98 Å². The standard InChI is InChI=1S/C17H25N3O/c1-13(2)21-10-9-20(4)17-11-14(12-18-3)19-16-8-6-5-7-15(16)17/h5-8,11,13,18H,9-10,12H2,1-4H3. The van der Waals surface area contributed by atoms with Crippen molar-refractivity contribution in [3.05, 3.63) is 36.0 Å². The van der Waals surface area contributed by atoms with Crippen LogP contribution in [-0.2, 0) is 11.3 Å². The molecule has 1 aromatic carbocycles. The van der Waals surface area contributed by atoms with Crippen molar-refractivity contribution in [3.8, 4) is 0 Å². The van der Waals surface area contributed by atoms with Crippen LogP contribution in [0.2, 0.25) is 0 Å². The zero-order chi connectivity index (χ0) is 15.2. The van der Waals surface area contributed by atoms with E-state index in [9.17, 15) is 0 Å². The summed E-state index contributed by atoms with van der Waals surface area (Å²) in [5.41, 5.74) is 3.30. The van der Waals surface area contributed by atoms with Crippen LogP contribution in [-0.4, -0.2) is 38.3 Å². The highest BCUT2D eigenvalue weighted by Gasteiger charge is 2.09. The molecular formula is C17H25N3O. The van der Waals surface area contributed by atoms with E-state index in [0.717, 1.165) is 30.9 Å². The molecule has 2 rings (SSSR count). The van der Waals surface area contributed by atoms with Gasteiger partial charge in [0.1, 0.15) is 0 Å². The Balaban J connectivity index is 2.27. The van der Waals surface area contributed by atoms with Crippen molar-refractivity contribution in [2.75, 3.05) is 32.1 Å². The third kappa shape index (κ3) is 4.16. The lowest BCUT2D eigenvalue weighted by Gasteiger charge is -2.22. The van der Waals surface area contributed by atoms with Gasteiger partial charge in [0.2, 0.25) is 0 Å². The van der Waals surface area contributed by atoms with E-state index >= 15 is 0 Å². The Labute approximate surface area is 127 Å². The molecule has 1 aromatic heterocycles. The number of nitrogens with one attached hydrogen (secondary N) is 1. The second-order valence-corrected chi connectivity index (χ2v) is 5.52. The molecule has 1 N–H and O–H groups in total. The molecule has 2 aromatic rings. The van der Waals surface area contributed by atoms with Gasteiger partial charge in [-0.2, -0.15) is 0 Å². The van der Waals surface area contributed by atoms with E-state index in [-0.39, 0.29) is 6.10 Å². The molecule has 0 saturated heterocycles. The summed E-state index contributed by atoms with van der Waals surface area (Å²) in [5.74, 6) is 0. The maximum Gasteiger partial charge on any atom is 0.0726 e. The molecule has 1 heterocycles. The van der Waals surface area contributed by atoms with Crippen molar-refractivity contribution >= 4 is 16.6 Å². The SMILES string of the molecule is CNCc1cc(N(C)CCOC(C)C)c2ccccc2n1. The summed E-state index contributed by atoms with van der Waals surface area (Å²) in [6.07, 6.45) is 0.271. The lowest BCUT2D eigenvalue weighted by molar-refractivity contribution is 0.0846. The third-order valence-corrected chi connectivity index (χ3v) is 3.39. The molecule has 4 nitrogen and oxygen atoms in total. The summed E-state index contributed by atoms with van der Waals surface area (Å²) >= 11 is 0. The summed E-state index contributed by atoms with van der Waals surface area (Å²) < 4.78 is 5.65. The summed E-state index contributed by atoms with van der Waals surface area (Å²) in [7, 11) is 4.05. The van der Waals surface area contributed by atoms with Gasteiger partial charge in [-0.1, -0.05) is 18.2 Å². The molecule has 0 bridgehead atoms. The normalized spacial score (nSPS) is 11.3. The molecule has 0 aliphatic heterocycles. The summed E-state index contributed by atoms with van der Waals surface area (Å²) in [6.45, 7) is 6.49. The van der Waals surface area contributed by atoms with E-state index in [1.165, 1.54) is 11.1 Å². The van der Waals surface area contributed by atoms with Crippen molar-refractivity contribution in [3.63, 3.8) is 0 Å². The molecule has 0 saturated carbocycles. The number of nitrogens with zero attached hydrogens (tertiary/aromatic N) is 2. The number of ether oxygens (including phenoxy) is 1. The number of para-hydroxylation sites is 1. The Bertz CT molecular complexity index is 583. The first kappa shape index (κ1) is 15.7. The molecule has 0 aliphatic carbocycles. The fourth-order valence-electron chi connectivity index (χ4n) is 2.34. The van der Waals surface area contributed by atoms with Gasteiger partial charge in [-0.15, -0.1) is 0 Å². The minimum atomic E-state index is 0.271. The van der Waals surface area contributed by atoms with E-state index in [0.29, 0.717) is 0 Å². The van der Waals surface area contributed by atoms with Crippen LogP contribution in [0.5, 0.6) is 0 Å². The van der Waals surface area contributed by atoms with Crippen LogP contribution >= 0.6 is 0 Å². The van der Waals surface area contributed by atoms with Gasteiger partial charge in [0, 0.05) is 31.2 Å². The zero-order valence-corrected chi connectivity index (χ0v) is 13.4. The van der Waals surface area contributed by atoms with Crippen LogP contribution < -0.4 is 10.2 Å². The predicted octanol–water partition coefficient (Wildman–Crippen LogP) is 2.82. The molecule has 0 unspecified atom stereocenters. The first-order valence-electron chi connectivity index (χ1n) is 7.48. The van der Waals surface area contributed by atoms with Crippen molar-refractivity contribution < 1.29 is 4.74 Å². The fourth-order valence-corrected chi connectivity index (χ4v) is 2.34. The zero-order valence-electron chi connectivity index (χ0n) is 13.4. The van der Waals surface area contributed by atoms with Gasteiger partial charge in [0.15, 0.2) is 0 Å². The number of fused-ring (bicyclic) bond motifs is 1. The monoisotopic (exact) mass is 287 g/mol. The van der Waals surface area contributed by atoms with Crippen molar-refractivity contribution in [2.45, 2.75) is 26.5 Å². The van der Waals surface area contributed by atoms with Gasteiger partial charge < -0.3 is 15.0 Å². The van der Waals surface area contributed by atoms with E-state index in [1.807, 2.05) is 13.1 Å². The highest BCUT2D eigenvalue weighted by atomic mass is 16.5.